The van der Waals surface area contributed by atoms with Gasteiger partial charge < -0.3 is 10.6 Å². The average Bonchev–Trinajstić information content (AvgIpc) is 3.21. The molecule has 1 aliphatic carbocycles. The summed E-state index contributed by atoms with van der Waals surface area (Å²) >= 11 is 0. The number of aromatic nitrogens is 2. The number of aryl methyl sites for hydroxylation is 1. The molecule has 1 unspecified atom stereocenters. The molecular formula is C26H24N4. The van der Waals surface area contributed by atoms with Gasteiger partial charge in [-0.15, -0.1) is 0 Å². The molecule has 6 rings (SSSR count). The van der Waals surface area contributed by atoms with E-state index >= 15 is 0 Å². The van der Waals surface area contributed by atoms with Gasteiger partial charge in [0.15, 0.2) is 0 Å². The zero-order valence-corrected chi connectivity index (χ0v) is 16.9. The highest BCUT2D eigenvalue weighted by molar-refractivity contribution is 5.85. The predicted octanol–water partition coefficient (Wildman–Crippen LogP) is 5.04. The minimum atomic E-state index is 0.294. The highest BCUT2D eigenvalue weighted by atomic mass is 15.1. The van der Waals surface area contributed by atoms with Crippen LogP contribution in [-0.4, -0.2) is 16.5 Å². The van der Waals surface area contributed by atoms with Gasteiger partial charge in [0.05, 0.1) is 11.6 Å². The molecule has 2 aliphatic rings. The lowest BCUT2D eigenvalue weighted by Crippen LogP contribution is -2.23. The summed E-state index contributed by atoms with van der Waals surface area (Å²) in [7, 11) is 0. The monoisotopic (exact) mass is 392 g/mol. The van der Waals surface area contributed by atoms with Gasteiger partial charge in [0.25, 0.3) is 0 Å². The number of nitrogens with zero attached hydrogens (tertiary/aromatic N) is 2. The first kappa shape index (κ1) is 17.6. The normalized spacial score (nSPS) is 17.5. The molecule has 1 aromatic heterocycles. The molecule has 4 aromatic rings. The number of rotatable bonds is 3. The molecule has 3 aromatic carbocycles. The number of nitrogens with one attached hydrogen (secondary N) is 2. The third-order valence-corrected chi connectivity index (χ3v) is 6.47. The molecule has 4 heteroatoms. The molecule has 4 nitrogen and oxygen atoms in total. The van der Waals surface area contributed by atoms with Crippen LogP contribution in [0.2, 0.25) is 0 Å². The summed E-state index contributed by atoms with van der Waals surface area (Å²) in [5.41, 5.74) is 9.24. The first-order valence-electron chi connectivity index (χ1n) is 10.8. The summed E-state index contributed by atoms with van der Waals surface area (Å²) in [5.74, 6) is 0.708. The Hall–Kier alpha value is -3.24. The number of anilines is 1. The Labute approximate surface area is 176 Å². The summed E-state index contributed by atoms with van der Waals surface area (Å²) in [5, 5.41) is 8.09. The van der Waals surface area contributed by atoms with Crippen LogP contribution in [0.3, 0.4) is 0 Å². The summed E-state index contributed by atoms with van der Waals surface area (Å²) in [6.45, 7) is 2.00. The van der Waals surface area contributed by atoms with Gasteiger partial charge in [-0.1, -0.05) is 48.5 Å². The second kappa shape index (κ2) is 7.22. The van der Waals surface area contributed by atoms with Crippen LogP contribution >= 0.6 is 0 Å². The van der Waals surface area contributed by atoms with Crippen LogP contribution in [-0.2, 0) is 19.4 Å². The average molecular weight is 393 g/mol. The van der Waals surface area contributed by atoms with Crippen molar-refractivity contribution in [2.24, 2.45) is 0 Å². The van der Waals surface area contributed by atoms with Gasteiger partial charge in [-0.25, -0.2) is 9.97 Å². The zero-order valence-electron chi connectivity index (χ0n) is 16.9. The molecule has 0 saturated heterocycles. The molecule has 0 radical (unpaired) electrons. The lowest BCUT2D eigenvalue weighted by molar-refractivity contribution is 0.645. The van der Waals surface area contributed by atoms with Crippen molar-refractivity contribution in [3.05, 3.63) is 89.1 Å². The molecule has 2 heterocycles. The quantitative estimate of drug-likeness (QED) is 0.513. The third-order valence-electron chi connectivity index (χ3n) is 6.47. The molecule has 1 atom stereocenters. The Morgan fingerprint density at radius 2 is 1.87 bits per heavy atom. The van der Waals surface area contributed by atoms with E-state index in [9.17, 15) is 0 Å². The molecule has 30 heavy (non-hydrogen) atoms. The Kier molecular flexibility index (Phi) is 4.24. The third kappa shape index (κ3) is 3.04. The van der Waals surface area contributed by atoms with E-state index in [4.69, 9.17) is 4.98 Å². The molecule has 148 valence electrons. The van der Waals surface area contributed by atoms with Crippen LogP contribution in [0.15, 0.2) is 66.9 Å². The van der Waals surface area contributed by atoms with Crippen molar-refractivity contribution in [2.75, 3.05) is 11.9 Å². The van der Waals surface area contributed by atoms with Crippen molar-refractivity contribution in [3.8, 4) is 11.1 Å². The fourth-order valence-electron chi connectivity index (χ4n) is 4.94. The van der Waals surface area contributed by atoms with E-state index < -0.39 is 0 Å². The Bertz CT molecular complexity index is 1250. The molecule has 2 N–H and O–H groups in total. The van der Waals surface area contributed by atoms with Gasteiger partial charge >= 0.3 is 0 Å². The van der Waals surface area contributed by atoms with Crippen molar-refractivity contribution < 1.29 is 0 Å². The number of hydrogen-bond donors (Lipinski definition) is 2. The van der Waals surface area contributed by atoms with Crippen molar-refractivity contribution in [1.82, 2.24) is 15.3 Å². The standard InChI is InChI=1S/C26H24N4/c1-2-6-23-17(4-1)8-11-25(23)30-26-28-16-20-14-18(9-10-24(20)29-26)21-7-3-5-19-15-27-13-12-22(19)21/h1-7,9-10,14,16,25,27H,8,11-13,15H2,(H,28,29,30). The highest BCUT2D eigenvalue weighted by Crippen LogP contribution is 2.34. The van der Waals surface area contributed by atoms with E-state index in [2.05, 4.69) is 76.3 Å². The second-order valence-electron chi connectivity index (χ2n) is 8.27. The number of fused-ring (bicyclic) bond motifs is 3. The van der Waals surface area contributed by atoms with Gasteiger partial charge in [-0.05, 0) is 71.3 Å². The summed E-state index contributed by atoms with van der Waals surface area (Å²) in [6.07, 6.45) is 5.23. The van der Waals surface area contributed by atoms with Crippen molar-refractivity contribution in [3.63, 3.8) is 0 Å². The zero-order chi connectivity index (χ0) is 19.9. The molecule has 0 spiro atoms. The van der Waals surface area contributed by atoms with Crippen LogP contribution < -0.4 is 10.6 Å². The molecule has 0 amide bonds. The van der Waals surface area contributed by atoms with Crippen LogP contribution in [0.25, 0.3) is 22.0 Å². The van der Waals surface area contributed by atoms with Gasteiger partial charge in [0, 0.05) is 18.1 Å². The van der Waals surface area contributed by atoms with E-state index in [0.717, 1.165) is 43.3 Å². The van der Waals surface area contributed by atoms with Crippen molar-refractivity contribution in [2.45, 2.75) is 31.8 Å². The van der Waals surface area contributed by atoms with Crippen molar-refractivity contribution in [1.29, 1.82) is 0 Å². The summed E-state index contributed by atoms with van der Waals surface area (Å²) in [4.78, 5) is 9.44. The summed E-state index contributed by atoms with van der Waals surface area (Å²) in [6, 6.07) is 22.1. The van der Waals surface area contributed by atoms with E-state index in [-0.39, 0.29) is 0 Å². The first-order valence-corrected chi connectivity index (χ1v) is 10.8. The lowest BCUT2D eigenvalue weighted by Gasteiger charge is -2.20. The number of benzene rings is 3. The SMILES string of the molecule is c1ccc2c(c1)CCC2Nc1ncc2cc(-c3cccc4c3CCNC4)ccc2n1. The van der Waals surface area contributed by atoms with Gasteiger partial charge in [-0.2, -0.15) is 0 Å². The lowest BCUT2D eigenvalue weighted by atomic mass is 9.91. The largest absolute Gasteiger partial charge is 0.347 e. The van der Waals surface area contributed by atoms with Crippen LogP contribution in [0.4, 0.5) is 5.95 Å². The Balaban J connectivity index is 1.31. The molecule has 1 aliphatic heterocycles. The maximum absolute atomic E-state index is 4.80. The van der Waals surface area contributed by atoms with Gasteiger partial charge in [-0.3, -0.25) is 0 Å². The molecule has 0 bridgehead atoms. The smallest absolute Gasteiger partial charge is 0.223 e. The van der Waals surface area contributed by atoms with Crippen LogP contribution in [0.5, 0.6) is 0 Å². The van der Waals surface area contributed by atoms with Crippen LogP contribution in [0.1, 0.15) is 34.7 Å². The maximum atomic E-state index is 4.80. The van der Waals surface area contributed by atoms with Crippen LogP contribution in [0, 0.1) is 0 Å². The summed E-state index contributed by atoms with van der Waals surface area (Å²) < 4.78 is 0. The Morgan fingerprint density at radius 1 is 0.933 bits per heavy atom. The minimum Gasteiger partial charge on any atom is -0.347 e. The maximum Gasteiger partial charge on any atom is 0.223 e. The number of hydrogen-bond acceptors (Lipinski definition) is 4. The fourth-order valence-corrected chi connectivity index (χ4v) is 4.94. The molecule has 0 fully saturated rings. The fraction of sp³-hybridized carbons (Fsp3) is 0.231. The van der Waals surface area contributed by atoms with E-state index in [0.29, 0.717) is 12.0 Å². The topological polar surface area (TPSA) is 49.8 Å². The van der Waals surface area contributed by atoms with Gasteiger partial charge in [0.1, 0.15) is 0 Å². The van der Waals surface area contributed by atoms with E-state index in [1.807, 2.05) is 6.20 Å². The minimum absolute atomic E-state index is 0.294. The first-order chi connectivity index (χ1) is 14.8. The van der Waals surface area contributed by atoms with E-state index in [1.165, 1.54) is 33.4 Å². The molecule has 0 saturated carbocycles. The predicted molar refractivity (Wildman–Crippen MR) is 122 cm³/mol. The highest BCUT2D eigenvalue weighted by Gasteiger charge is 2.22. The van der Waals surface area contributed by atoms with Crippen molar-refractivity contribution >= 4 is 16.9 Å². The molecular weight excluding hydrogens is 368 g/mol. The Morgan fingerprint density at radius 3 is 2.87 bits per heavy atom. The van der Waals surface area contributed by atoms with Gasteiger partial charge in [0.2, 0.25) is 5.95 Å². The second-order valence-corrected chi connectivity index (χ2v) is 8.27. The van der Waals surface area contributed by atoms with E-state index in [1.54, 1.807) is 0 Å².